The van der Waals surface area contributed by atoms with Gasteiger partial charge < -0.3 is 25.4 Å². The van der Waals surface area contributed by atoms with Gasteiger partial charge in [0.1, 0.15) is 29.2 Å². The Morgan fingerprint density at radius 1 is 1.02 bits per heavy atom. The zero-order chi connectivity index (χ0) is 39.1. The van der Waals surface area contributed by atoms with E-state index >= 15 is 0 Å². The third-order valence-electron chi connectivity index (χ3n) is 10.2. The van der Waals surface area contributed by atoms with Crippen LogP contribution in [-0.4, -0.2) is 61.1 Å². The molecule has 1 fully saturated rings. The number of benzene rings is 2. The molecule has 3 N–H and O–H groups in total. The summed E-state index contributed by atoms with van der Waals surface area (Å²) >= 11 is 0. The van der Waals surface area contributed by atoms with Crippen molar-refractivity contribution in [2.75, 3.05) is 5.32 Å². The summed E-state index contributed by atoms with van der Waals surface area (Å²) in [7, 11) is 1.66. The molecule has 13 nitrogen and oxygen atoms in total. The van der Waals surface area contributed by atoms with Gasteiger partial charge in [-0.05, 0) is 112 Å². The average molecular weight is 742 g/mol. The maximum Gasteiger partial charge on any atom is 0.408 e. The van der Waals surface area contributed by atoms with Crippen LogP contribution in [0.3, 0.4) is 0 Å². The number of fused-ring (bicyclic) bond motifs is 1. The highest BCUT2D eigenvalue weighted by Crippen LogP contribution is 2.64. The normalized spacial score (nSPS) is 16.7. The smallest absolute Gasteiger partial charge is 0.408 e. The molecule has 0 bridgehead atoms. The van der Waals surface area contributed by atoms with Gasteiger partial charge in [0.15, 0.2) is 6.73 Å². The lowest BCUT2D eigenvalue weighted by Gasteiger charge is -2.29. The highest BCUT2D eigenvalue weighted by Gasteiger charge is 2.58. The molecule has 2 aromatic heterocycles. The summed E-state index contributed by atoms with van der Waals surface area (Å²) in [4.78, 5) is 53.0. The Hall–Kier alpha value is -5.53. The molecule has 286 valence electrons. The van der Waals surface area contributed by atoms with Crippen LogP contribution >= 0.6 is 0 Å². The molecule has 2 heterocycles. The lowest BCUT2D eigenvalue weighted by Crippen LogP contribution is -2.49. The number of anilines is 1. The van der Waals surface area contributed by atoms with Crippen LogP contribution < -0.4 is 16.0 Å². The molecule has 3 atom stereocenters. The molecule has 2 aromatic carbocycles. The van der Waals surface area contributed by atoms with Crippen molar-refractivity contribution in [3.63, 3.8) is 0 Å². The number of ether oxygens (including phenoxy) is 2. The number of rotatable bonds is 11. The van der Waals surface area contributed by atoms with Crippen LogP contribution in [0.5, 0.6) is 0 Å². The van der Waals surface area contributed by atoms with Gasteiger partial charge in [-0.1, -0.05) is 32.0 Å². The number of aryl methyl sites for hydroxylation is 2. The fraction of sp³-hybridized carbons (Fsp3) is 0.450. The van der Waals surface area contributed by atoms with E-state index in [1.165, 1.54) is 23.0 Å². The Morgan fingerprint density at radius 2 is 1.72 bits per heavy atom. The van der Waals surface area contributed by atoms with Crippen molar-refractivity contribution >= 4 is 29.6 Å². The van der Waals surface area contributed by atoms with Crippen LogP contribution in [0.1, 0.15) is 86.4 Å². The highest BCUT2D eigenvalue weighted by atomic mass is 19.1. The van der Waals surface area contributed by atoms with Gasteiger partial charge in [0, 0.05) is 36.1 Å². The number of halogens is 1. The summed E-state index contributed by atoms with van der Waals surface area (Å²) in [5, 5.41) is 17.3. The first-order chi connectivity index (χ1) is 25.5. The molecular weight excluding hydrogens is 693 g/mol. The maximum absolute atomic E-state index is 14.6. The Kier molecular flexibility index (Phi) is 10.4. The zero-order valence-electron chi connectivity index (χ0n) is 32.0. The topological polar surface area (TPSA) is 158 Å². The SMILES string of the molecule is Cc1nn(COC(=O)[C@@H](NC(=O)OC(C)(C)C)C(C)C)c(C)c1-c1ccc(NC(=O)[C@@H](NC(=O)c2ccnn2C)C2c3cc(F)ccc3CC23CC3)cc1. The fourth-order valence-electron chi connectivity index (χ4n) is 7.46. The minimum atomic E-state index is -0.974. The van der Waals surface area contributed by atoms with E-state index in [0.29, 0.717) is 17.1 Å². The lowest BCUT2D eigenvalue weighted by molar-refractivity contribution is -0.151. The molecule has 14 heteroatoms. The van der Waals surface area contributed by atoms with Crippen molar-refractivity contribution < 1.29 is 33.0 Å². The van der Waals surface area contributed by atoms with Gasteiger partial charge in [0.05, 0.1) is 5.69 Å². The average Bonchev–Trinajstić information content (AvgIpc) is 3.46. The number of hydrogen-bond acceptors (Lipinski definition) is 8. The highest BCUT2D eigenvalue weighted by molar-refractivity contribution is 6.01. The largest absolute Gasteiger partial charge is 0.444 e. The summed E-state index contributed by atoms with van der Waals surface area (Å²) in [5.41, 5.74) is 4.72. The number of esters is 1. The van der Waals surface area contributed by atoms with Crippen molar-refractivity contribution in [2.24, 2.45) is 18.4 Å². The van der Waals surface area contributed by atoms with E-state index < -0.39 is 47.5 Å². The summed E-state index contributed by atoms with van der Waals surface area (Å²) in [6, 6.07) is 11.7. The molecule has 3 amide bonds. The number of nitrogens with one attached hydrogen (secondary N) is 3. The van der Waals surface area contributed by atoms with Crippen LogP contribution in [0.2, 0.25) is 0 Å². The number of nitrogens with zero attached hydrogens (tertiary/aromatic N) is 4. The minimum absolute atomic E-state index is 0.166. The summed E-state index contributed by atoms with van der Waals surface area (Å²) in [6.45, 7) is 12.4. The predicted octanol–water partition coefficient (Wildman–Crippen LogP) is 5.95. The van der Waals surface area contributed by atoms with E-state index in [1.54, 1.807) is 70.6 Å². The molecule has 1 saturated carbocycles. The van der Waals surface area contributed by atoms with Gasteiger partial charge in [-0.3, -0.25) is 14.3 Å². The van der Waals surface area contributed by atoms with Gasteiger partial charge in [0.2, 0.25) is 5.91 Å². The van der Waals surface area contributed by atoms with Gasteiger partial charge in [-0.25, -0.2) is 18.7 Å². The number of carbonyl (C=O) groups is 4. The van der Waals surface area contributed by atoms with Crippen molar-refractivity contribution in [3.8, 4) is 11.1 Å². The molecule has 6 rings (SSSR count). The van der Waals surface area contributed by atoms with Gasteiger partial charge in [0.25, 0.3) is 5.91 Å². The second-order valence-corrected chi connectivity index (χ2v) is 15.7. The Bertz CT molecular complexity index is 2080. The van der Waals surface area contributed by atoms with Gasteiger partial charge in [-0.15, -0.1) is 0 Å². The fourth-order valence-corrected chi connectivity index (χ4v) is 7.46. The van der Waals surface area contributed by atoms with Crippen molar-refractivity contribution in [1.29, 1.82) is 0 Å². The molecule has 2 aliphatic carbocycles. The number of hydrogen-bond donors (Lipinski definition) is 3. The van der Waals surface area contributed by atoms with Crippen LogP contribution in [0.4, 0.5) is 14.9 Å². The zero-order valence-corrected chi connectivity index (χ0v) is 32.0. The number of alkyl carbamates (subject to hydrolysis) is 1. The van der Waals surface area contributed by atoms with E-state index in [0.717, 1.165) is 47.2 Å². The molecular formula is C40H48FN7O6. The monoisotopic (exact) mass is 741 g/mol. The van der Waals surface area contributed by atoms with E-state index in [-0.39, 0.29) is 23.9 Å². The first kappa shape index (κ1) is 38.2. The van der Waals surface area contributed by atoms with Crippen molar-refractivity contribution in [1.82, 2.24) is 30.2 Å². The van der Waals surface area contributed by atoms with Crippen LogP contribution in [0.25, 0.3) is 11.1 Å². The standard InChI is InChI=1S/C40H48FN7O6/c1-22(2)33(45-38(52)54-39(5,6)7)37(51)53-21-48-24(4)31(23(3)46-48)25-10-13-28(14-11-25)43-36(50)34(44-35(49)30-15-18-42-47(30)8)32-29-19-27(41)12-9-26(29)20-40(32)16-17-40/h9-15,18-19,22,32-34H,16-17,20-21H2,1-8H3,(H,43,50)(H,44,49)(H,45,52)/t32?,33-,34-/m0/s1. The van der Waals surface area contributed by atoms with E-state index in [4.69, 9.17) is 9.47 Å². The third-order valence-corrected chi connectivity index (χ3v) is 10.2. The number of amides is 3. The van der Waals surface area contributed by atoms with Gasteiger partial charge >= 0.3 is 12.1 Å². The van der Waals surface area contributed by atoms with Crippen LogP contribution in [0, 0.1) is 31.0 Å². The predicted molar refractivity (Wildman–Crippen MR) is 199 cm³/mol. The molecule has 54 heavy (non-hydrogen) atoms. The minimum Gasteiger partial charge on any atom is -0.444 e. The molecule has 1 spiro atoms. The number of aromatic nitrogens is 4. The molecule has 4 aromatic rings. The summed E-state index contributed by atoms with van der Waals surface area (Å²) in [5.74, 6) is -2.51. The van der Waals surface area contributed by atoms with E-state index in [1.807, 2.05) is 26.0 Å². The molecule has 0 saturated heterocycles. The third kappa shape index (κ3) is 8.02. The maximum atomic E-state index is 14.6. The van der Waals surface area contributed by atoms with Crippen LogP contribution in [0.15, 0.2) is 54.7 Å². The second kappa shape index (κ2) is 14.7. The molecule has 1 unspecified atom stereocenters. The van der Waals surface area contributed by atoms with E-state index in [9.17, 15) is 23.6 Å². The summed E-state index contributed by atoms with van der Waals surface area (Å²) < 4.78 is 28.5. The second-order valence-electron chi connectivity index (χ2n) is 15.7. The quantitative estimate of drug-likeness (QED) is 0.159. The van der Waals surface area contributed by atoms with Crippen molar-refractivity contribution in [2.45, 2.75) is 98.1 Å². The number of carbonyl (C=O) groups excluding carboxylic acids is 4. The Labute approximate surface area is 314 Å². The first-order valence-corrected chi connectivity index (χ1v) is 18.1. The Balaban J connectivity index is 1.17. The Morgan fingerprint density at radius 3 is 2.33 bits per heavy atom. The van der Waals surface area contributed by atoms with E-state index in [2.05, 4.69) is 26.1 Å². The molecule has 2 aliphatic rings. The van der Waals surface area contributed by atoms with Crippen molar-refractivity contribution in [3.05, 3.63) is 88.8 Å². The van der Waals surface area contributed by atoms with Crippen LogP contribution in [-0.2, 0) is 39.3 Å². The molecule has 0 radical (unpaired) electrons. The summed E-state index contributed by atoms with van der Waals surface area (Å²) in [6.07, 6.45) is 3.28. The van der Waals surface area contributed by atoms with Gasteiger partial charge in [-0.2, -0.15) is 10.2 Å². The first-order valence-electron chi connectivity index (χ1n) is 18.1. The molecule has 0 aliphatic heterocycles. The lowest BCUT2D eigenvalue weighted by atomic mass is 9.82.